The third-order valence-corrected chi connectivity index (χ3v) is 0.942. The molecule has 0 fully saturated rings. The summed E-state index contributed by atoms with van der Waals surface area (Å²) in [7, 11) is 0. The van der Waals surface area contributed by atoms with Crippen molar-refractivity contribution in [1.82, 2.24) is 0 Å². The van der Waals surface area contributed by atoms with Gasteiger partial charge in [0.05, 0.1) is 0 Å². The predicted molar refractivity (Wildman–Crippen MR) is 33.6 cm³/mol. The minimum Gasteiger partial charge on any atom is -0.248 e. The highest BCUT2D eigenvalue weighted by molar-refractivity contribution is 4.62. The monoisotopic (exact) mass is 250 g/mol. The average Bonchev–Trinajstić information content (AvgIpc) is 2.00. The van der Waals surface area contributed by atoms with Gasteiger partial charge in [0.1, 0.15) is 6.67 Å². The van der Waals surface area contributed by atoms with Gasteiger partial charge in [-0.25, -0.2) is 13.2 Å². The average molecular weight is 250 g/mol. The molecule has 0 aliphatic carbocycles. The summed E-state index contributed by atoms with van der Waals surface area (Å²) >= 11 is 0. The fourth-order valence-electron chi connectivity index (χ4n) is 0.0875. The van der Waals surface area contributed by atoms with Crippen LogP contribution in [0.2, 0.25) is 0 Å². The summed E-state index contributed by atoms with van der Waals surface area (Å²) in [6, 6.07) is 0. The van der Waals surface area contributed by atoms with Gasteiger partial charge in [0.25, 0.3) is 0 Å². The van der Waals surface area contributed by atoms with E-state index in [0.717, 1.165) is 0 Å². The van der Waals surface area contributed by atoms with Crippen LogP contribution >= 0.6 is 0 Å². The second-order valence-corrected chi connectivity index (χ2v) is 2.32. The van der Waals surface area contributed by atoms with Crippen molar-refractivity contribution in [2.75, 3.05) is 6.67 Å². The molecule has 0 aromatic rings. The van der Waals surface area contributed by atoms with E-state index >= 15 is 0 Å². The van der Waals surface area contributed by atoms with Crippen LogP contribution in [-0.4, -0.2) is 31.4 Å². The molecule has 0 radical (unpaired) electrons. The van der Waals surface area contributed by atoms with E-state index in [0.29, 0.717) is 6.92 Å². The lowest BCUT2D eigenvalue weighted by molar-refractivity contribution is -0.183. The number of halogens is 9. The third kappa shape index (κ3) is 9.67. The molecule has 0 aromatic carbocycles. The first kappa shape index (κ1) is 16.8. The van der Waals surface area contributed by atoms with Gasteiger partial charge in [-0.2, -0.15) is 26.3 Å². The van der Waals surface area contributed by atoms with Crippen molar-refractivity contribution >= 4 is 0 Å². The zero-order valence-corrected chi connectivity index (χ0v) is 7.26. The summed E-state index contributed by atoms with van der Waals surface area (Å²) in [4.78, 5) is 0. The highest BCUT2D eigenvalue weighted by atomic mass is 19.4. The molecule has 2 atom stereocenters. The Hall–Kier alpha value is -0.630. The first-order valence-electron chi connectivity index (χ1n) is 3.40. The Kier molecular flexibility index (Phi) is 6.78. The van der Waals surface area contributed by atoms with Crippen LogP contribution in [0.15, 0.2) is 0 Å². The van der Waals surface area contributed by atoms with Gasteiger partial charge < -0.3 is 0 Å². The first-order valence-corrected chi connectivity index (χ1v) is 3.40. The van der Waals surface area contributed by atoms with E-state index in [1.165, 1.54) is 0 Å². The van der Waals surface area contributed by atoms with E-state index in [4.69, 9.17) is 0 Å². The maximum Gasteiger partial charge on any atom is 0.422 e. The highest BCUT2D eigenvalue weighted by Gasteiger charge is 2.39. The molecule has 0 N–H and O–H groups in total. The summed E-state index contributed by atoms with van der Waals surface area (Å²) in [5.41, 5.74) is 0. The van der Waals surface area contributed by atoms with E-state index < -0.39 is 31.4 Å². The molecule has 15 heavy (non-hydrogen) atoms. The fraction of sp³-hybridized carbons (Fsp3) is 1.00. The number of hydrogen-bond acceptors (Lipinski definition) is 0. The van der Waals surface area contributed by atoms with Crippen molar-refractivity contribution < 1.29 is 39.5 Å². The van der Waals surface area contributed by atoms with Gasteiger partial charge in [-0.15, -0.1) is 0 Å². The van der Waals surface area contributed by atoms with Crippen LogP contribution in [0.3, 0.4) is 0 Å². The van der Waals surface area contributed by atoms with Gasteiger partial charge in [-0.1, -0.05) is 0 Å². The van der Waals surface area contributed by atoms with E-state index in [1.807, 2.05) is 0 Å². The summed E-state index contributed by atoms with van der Waals surface area (Å²) in [6.07, 6.45) is -15.7. The van der Waals surface area contributed by atoms with Gasteiger partial charge in [0.2, 0.25) is 6.17 Å². The maximum absolute atomic E-state index is 11.1. The van der Waals surface area contributed by atoms with Crippen molar-refractivity contribution in [3.63, 3.8) is 0 Å². The van der Waals surface area contributed by atoms with E-state index in [-0.39, 0.29) is 0 Å². The molecule has 0 saturated carbocycles. The van der Waals surface area contributed by atoms with Crippen LogP contribution in [0.4, 0.5) is 39.5 Å². The largest absolute Gasteiger partial charge is 0.422 e. The minimum absolute atomic E-state index is 0.458. The van der Waals surface area contributed by atoms with Crippen molar-refractivity contribution in [2.45, 2.75) is 31.6 Å². The van der Waals surface area contributed by atoms with Crippen LogP contribution in [0.5, 0.6) is 0 Å². The summed E-state index contributed by atoms with van der Waals surface area (Å²) < 4.78 is 97.9. The lowest BCUT2D eigenvalue weighted by Crippen LogP contribution is -2.25. The molecule has 0 aliphatic rings. The van der Waals surface area contributed by atoms with Crippen LogP contribution in [0, 0.1) is 0 Å². The molecule has 0 rings (SSSR count). The molecule has 0 saturated heterocycles. The van der Waals surface area contributed by atoms with Gasteiger partial charge in [-0.05, 0) is 6.92 Å². The Bertz CT molecular complexity index is 155. The molecule has 0 spiro atoms. The molecule has 2 unspecified atom stereocenters. The number of rotatable bonds is 1. The van der Waals surface area contributed by atoms with Gasteiger partial charge in [0.15, 0.2) is 6.17 Å². The standard InChI is InChI=1S/C3H3F5.C3H4F4/c4-1-2(5)3(6,7)8;1-2(4)3(5,6)7/h2H,1H2;2H,1H3. The third-order valence-electron chi connectivity index (χ3n) is 0.942. The highest BCUT2D eigenvalue weighted by Crippen LogP contribution is 2.22. The molecular formula is C6H7F9. The van der Waals surface area contributed by atoms with Crippen molar-refractivity contribution in [3.8, 4) is 0 Å². The second-order valence-electron chi connectivity index (χ2n) is 2.32. The van der Waals surface area contributed by atoms with Crippen molar-refractivity contribution in [2.24, 2.45) is 0 Å². The summed E-state index contributed by atoms with van der Waals surface area (Å²) in [6.45, 7) is -1.54. The second kappa shape index (κ2) is 6.06. The normalized spacial score (nSPS) is 16.4. The van der Waals surface area contributed by atoms with Crippen LogP contribution in [-0.2, 0) is 0 Å². The van der Waals surface area contributed by atoms with Crippen LogP contribution < -0.4 is 0 Å². The molecule has 0 aliphatic heterocycles. The Labute approximate surface area is 79.1 Å². The molecule has 0 amide bonds. The maximum atomic E-state index is 11.1. The van der Waals surface area contributed by atoms with Gasteiger partial charge >= 0.3 is 12.4 Å². The smallest absolute Gasteiger partial charge is 0.248 e. The molecule has 0 heterocycles. The minimum atomic E-state index is -5.03. The lowest BCUT2D eigenvalue weighted by atomic mass is 10.4. The van der Waals surface area contributed by atoms with Gasteiger partial charge in [-0.3, -0.25) is 0 Å². The van der Waals surface area contributed by atoms with E-state index in [9.17, 15) is 39.5 Å². The molecular weight excluding hydrogens is 243 g/mol. The van der Waals surface area contributed by atoms with Crippen molar-refractivity contribution in [1.29, 1.82) is 0 Å². The van der Waals surface area contributed by atoms with Crippen LogP contribution in [0.25, 0.3) is 0 Å². The Morgan fingerprint density at radius 3 is 1.13 bits per heavy atom. The molecule has 94 valence electrons. The van der Waals surface area contributed by atoms with E-state index in [2.05, 4.69) is 0 Å². The molecule has 0 nitrogen and oxygen atoms in total. The molecule has 0 bridgehead atoms. The Balaban J connectivity index is 0. The molecule has 9 heteroatoms. The zero-order chi connectivity index (χ0) is 12.9. The molecule has 0 aromatic heterocycles. The fourth-order valence-corrected chi connectivity index (χ4v) is 0.0875. The predicted octanol–water partition coefficient (Wildman–Crippen LogP) is 3.76. The van der Waals surface area contributed by atoms with Crippen LogP contribution in [0.1, 0.15) is 6.92 Å². The Morgan fingerprint density at radius 1 is 0.867 bits per heavy atom. The topological polar surface area (TPSA) is 0 Å². The number of alkyl halides is 9. The SMILES string of the molecule is CC(F)C(F)(F)F.FCC(F)C(F)(F)F. The number of hydrogen-bond donors (Lipinski definition) is 0. The summed E-state index contributed by atoms with van der Waals surface area (Å²) in [5, 5.41) is 0. The summed E-state index contributed by atoms with van der Waals surface area (Å²) in [5.74, 6) is 0. The van der Waals surface area contributed by atoms with Crippen molar-refractivity contribution in [3.05, 3.63) is 0 Å². The lowest BCUT2D eigenvalue weighted by Gasteiger charge is -2.06. The first-order chi connectivity index (χ1) is 6.42. The Morgan fingerprint density at radius 2 is 1.13 bits per heavy atom. The zero-order valence-electron chi connectivity index (χ0n) is 7.26. The quantitative estimate of drug-likeness (QED) is 0.621. The van der Waals surface area contributed by atoms with E-state index in [1.54, 1.807) is 0 Å². The van der Waals surface area contributed by atoms with Gasteiger partial charge in [0, 0.05) is 0 Å².